The number of nitrogens with one attached hydrogen (secondary N) is 1. The monoisotopic (exact) mass is 169 g/mol. The largest absolute Gasteiger partial charge is 0.352 e. The van der Waals surface area contributed by atoms with E-state index in [-0.39, 0.29) is 24.0 Å². The summed E-state index contributed by atoms with van der Waals surface area (Å²) in [4.78, 5) is 33.1. The van der Waals surface area contributed by atoms with Crippen molar-refractivity contribution in [3.63, 3.8) is 0 Å². The Morgan fingerprint density at radius 3 is 2.50 bits per heavy atom. The lowest BCUT2D eigenvalue weighted by atomic mass is 9.90. The molecule has 66 valence electrons. The lowest BCUT2D eigenvalue weighted by Crippen LogP contribution is -2.50. The summed E-state index contributed by atoms with van der Waals surface area (Å²) in [5.74, 6) is -2.14. The van der Waals surface area contributed by atoms with Crippen molar-refractivity contribution in [3.8, 4) is 0 Å². The molecule has 1 aliphatic rings. The zero-order chi connectivity index (χ0) is 9.30. The summed E-state index contributed by atoms with van der Waals surface area (Å²) >= 11 is 0. The third-order valence-electron chi connectivity index (χ3n) is 1.89. The molecule has 1 N–H and O–H groups in total. The number of ketones is 2. The van der Waals surface area contributed by atoms with E-state index < -0.39 is 11.8 Å². The average molecular weight is 169 g/mol. The van der Waals surface area contributed by atoms with Gasteiger partial charge in [0.05, 0.1) is 0 Å². The van der Waals surface area contributed by atoms with Gasteiger partial charge in [-0.2, -0.15) is 0 Å². The topological polar surface area (TPSA) is 63.2 Å². The van der Waals surface area contributed by atoms with Gasteiger partial charge in [0.25, 0.3) is 0 Å². The van der Waals surface area contributed by atoms with Crippen LogP contribution in [0.25, 0.3) is 0 Å². The van der Waals surface area contributed by atoms with Crippen LogP contribution in [-0.4, -0.2) is 23.5 Å². The average Bonchev–Trinajstić information content (AvgIpc) is 1.82. The van der Waals surface area contributed by atoms with E-state index >= 15 is 0 Å². The van der Waals surface area contributed by atoms with Gasteiger partial charge in [0.1, 0.15) is 5.78 Å². The van der Waals surface area contributed by atoms with Crippen LogP contribution >= 0.6 is 0 Å². The van der Waals surface area contributed by atoms with Crippen LogP contribution in [0, 0.1) is 5.92 Å². The van der Waals surface area contributed by atoms with Crippen LogP contribution in [0.2, 0.25) is 0 Å². The van der Waals surface area contributed by atoms with Crippen LogP contribution in [-0.2, 0) is 14.4 Å². The van der Waals surface area contributed by atoms with Crippen LogP contribution in [0.15, 0.2) is 0 Å². The first-order valence-corrected chi connectivity index (χ1v) is 3.86. The second-order valence-corrected chi connectivity index (χ2v) is 3.12. The smallest absolute Gasteiger partial charge is 0.238 e. The summed E-state index contributed by atoms with van der Waals surface area (Å²) in [5, 5.41) is 2.56. The van der Waals surface area contributed by atoms with Crippen molar-refractivity contribution in [1.82, 2.24) is 5.32 Å². The quantitative estimate of drug-likeness (QED) is 0.546. The summed E-state index contributed by atoms with van der Waals surface area (Å²) in [7, 11) is 0. The maximum Gasteiger partial charge on any atom is 0.238 e. The maximum atomic E-state index is 11.2. The Morgan fingerprint density at radius 2 is 2.08 bits per heavy atom. The molecule has 0 spiro atoms. The molecule has 1 rings (SSSR count). The molecule has 0 saturated carbocycles. The molecule has 0 bridgehead atoms. The highest BCUT2D eigenvalue weighted by Crippen LogP contribution is 2.12. The summed E-state index contributed by atoms with van der Waals surface area (Å²) in [6.07, 6.45) is 0.260. The SMILES string of the molecule is CC(=O)C1C(=O)CC(C)NC1=O. The summed E-state index contributed by atoms with van der Waals surface area (Å²) < 4.78 is 0. The molecular weight excluding hydrogens is 158 g/mol. The van der Waals surface area contributed by atoms with Crippen molar-refractivity contribution in [2.24, 2.45) is 5.92 Å². The molecule has 0 radical (unpaired) electrons. The lowest BCUT2D eigenvalue weighted by Gasteiger charge is -2.23. The Kier molecular flexibility index (Phi) is 2.26. The molecule has 1 saturated heterocycles. The third kappa shape index (κ3) is 1.52. The number of amides is 1. The van der Waals surface area contributed by atoms with E-state index in [4.69, 9.17) is 0 Å². The van der Waals surface area contributed by atoms with Gasteiger partial charge >= 0.3 is 0 Å². The Balaban J connectivity index is 2.81. The van der Waals surface area contributed by atoms with Crippen molar-refractivity contribution in [2.75, 3.05) is 0 Å². The predicted octanol–water partition coefficient (Wildman–Crippen LogP) is -0.331. The van der Waals surface area contributed by atoms with Crippen LogP contribution in [0.3, 0.4) is 0 Å². The summed E-state index contributed by atoms with van der Waals surface area (Å²) in [6, 6.07) is -0.138. The molecule has 1 fully saturated rings. The predicted molar refractivity (Wildman–Crippen MR) is 41.4 cm³/mol. The number of carbonyl (C=O) groups excluding carboxylic acids is 3. The molecular formula is C8H11NO3. The summed E-state index contributed by atoms with van der Waals surface area (Å²) in [5.41, 5.74) is 0. The summed E-state index contributed by atoms with van der Waals surface area (Å²) in [6.45, 7) is 3.00. The van der Waals surface area contributed by atoms with Crippen LogP contribution < -0.4 is 5.32 Å². The van der Waals surface area contributed by atoms with Crippen LogP contribution in [0.1, 0.15) is 20.3 Å². The van der Waals surface area contributed by atoms with Gasteiger partial charge in [-0.25, -0.2) is 0 Å². The standard InChI is InChI=1S/C8H11NO3/c1-4-3-6(11)7(5(2)10)8(12)9-4/h4,7H,3H2,1-2H3,(H,9,12). The molecule has 0 aliphatic carbocycles. The van der Waals surface area contributed by atoms with E-state index in [0.29, 0.717) is 0 Å². The van der Waals surface area contributed by atoms with Crippen molar-refractivity contribution in [1.29, 1.82) is 0 Å². The second kappa shape index (κ2) is 3.05. The maximum absolute atomic E-state index is 11.2. The van der Waals surface area contributed by atoms with Crippen LogP contribution in [0.4, 0.5) is 0 Å². The van der Waals surface area contributed by atoms with Crippen molar-refractivity contribution in [3.05, 3.63) is 0 Å². The Labute approximate surface area is 70.3 Å². The fourth-order valence-electron chi connectivity index (χ4n) is 1.35. The van der Waals surface area contributed by atoms with Crippen molar-refractivity contribution >= 4 is 17.5 Å². The molecule has 0 aromatic rings. The highest BCUT2D eigenvalue weighted by molar-refractivity contribution is 6.19. The van der Waals surface area contributed by atoms with E-state index in [1.807, 2.05) is 0 Å². The molecule has 4 nitrogen and oxygen atoms in total. The Hall–Kier alpha value is -1.19. The normalized spacial score (nSPS) is 29.8. The zero-order valence-corrected chi connectivity index (χ0v) is 7.09. The van der Waals surface area contributed by atoms with E-state index in [0.717, 1.165) is 0 Å². The number of rotatable bonds is 1. The number of hydrogen-bond donors (Lipinski definition) is 1. The van der Waals surface area contributed by atoms with Gasteiger partial charge in [-0.1, -0.05) is 0 Å². The minimum Gasteiger partial charge on any atom is -0.352 e. The first-order chi connectivity index (χ1) is 5.52. The third-order valence-corrected chi connectivity index (χ3v) is 1.89. The van der Waals surface area contributed by atoms with E-state index in [9.17, 15) is 14.4 Å². The molecule has 4 heteroatoms. The van der Waals surface area contributed by atoms with Gasteiger partial charge in [-0.3, -0.25) is 14.4 Å². The lowest BCUT2D eigenvalue weighted by molar-refractivity contribution is -0.143. The molecule has 2 atom stereocenters. The van der Waals surface area contributed by atoms with E-state index in [2.05, 4.69) is 5.32 Å². The first-order valence-electron chi connectivity index (χ1n) is 3.86. The molecule has 1 amide bonds. The van der Waals surface area contributed by atoms with Gasteiger partial charge in [0.2, 0.25) is 5.91 Å². The molecule has 0 aromatic carbocycles. The molecule has 1 aliphatic heterocycles. The zero-order valence-electron chi connectivity index (χ0n) is 7.09. The van der Waals surface area contributed by atoms with Gasteiger partial charge in [0.15, 0.2) is 11.7 Å². The van der Waals surface area contributed by atoms with Gasteiger partial charge < -0.3 is 5.32 Å². The highest BCUT2D eigenvalue weighted by atomic mass is 16.2. The number of carbonyl (C=O) groups is 3. The molecule has 0 aromatic heterocycles. The van der Waals surface area contributed by atoms with Gasteiger partial charge in [-0.05, 0) is 13.8 Å². The van der Waals surface area contributed by atoms with Gasteiger partial charge in [-0.15, -0.1) is 0 Å². The Morgan fingerprint density at radius 1 is 1.50 bits per heavy atom. The molecule has 1 heterocycles. The first kappa shape index (κ1) is 8.90. The fourth-order valence-corrected chi connectivity index (χ4v) is 1.35. The highest BCUT2D eigenvalue weighted by Gasteiger charge is 2.36. The van der Waals surface area contributed by atoms with E-state index in [1.54, 1.807) is 6.92 Å². The molecule has 2 unspecified atom stereocenters. The minimum atomic E-state index is -1.05. The van der Waals surface area contributed by atoms with Crippen molar-refractivity contribution < 1.29 is 14.4 Å². The minimum absolute atomic E-state index is 0.138. The van der Waals surface area contributed by atoms with Crippen LogP contribution in [0.5, 0.6) is 0 Å². The number of piperidine rings is 1. The second-order valence-electron chi connectivity index (χ2n) is 3.12. The van der Waals surface area contributed by atoms with Gasteiger partial charge in [0, 0.05) is 12.5 Å². The molecule has 12 heavy (non-hydrogen) atoms. The van der Waals surface area contributed by atoms with E-state index in [1.165, 1.54) is 6.92 Å². The van der Waals surface area contributed by atoms with Crippen molar-refractivity contribution in [2.45, 2.75) is 26.3 Å². The number of hydrogen-bond acceptors (Lipinski definition) is 3. The fraction of sp³-hybridized carbons (Fsp3) is 0.625. The Bertz CT molecular complexity index is 229. The number of Topliss-reactive ketones (excluding diaryl/α,β-unsaturated/α-hetero) is 2.